The summed E-state index contributed by atoms with van der Waals surface area (Å²) in [7, 11) is 2.11. The molecule has 1 atom stereocenters. The van der Waals surface area contributed by atoms with Crippen molar-refractivity contribution < 1.29 is 4.52 Å². The predicted octanol–water partition coefficient (Wildman–Crippen LogP) is 2.87. The Hall–Kier alpha value is -2.21. The highest BCUT2D eigenvalue weighted by molar-refractivity contribution is 5.75. The molecule has 3 heterocycles. The van der Waals surface area contributed by atoms with Crippen LogP contribution in [0.15, 0.2) is 28.8 Å². The van der Waals surface area contributed by atoms with E-state index >= 15 is 0 Å². The second-order valence-electron chi connectivity index (χ2n) is 7.38. The minimum absolute atomic E-state index is 0.389. The highest BCUT2D eigenvalue weighted by Gasteiger charge is 2.32. The molecule has 3 aromatic rings. The molecule has 2 aromatic heterocycles. The lowest BCUT2D eigenvalue weighted by Gasteiger charge is -2.14. The van der Waals surface area contributed by atoms with Crippen LogP contribution in [0.5, 0.6) is 0 Å². The number of hydrogen-bond donors (Lipinski definition) is 0. The number of rotatable bonds is 5. The molecule has 0 amide bonds. The Morgan fingerprint density at radius 1 is 1.12 bits per heavy atom. The van der Waals surface area contributed by atoms with Crippen molar-refractivity contribution in [2.75, 3.05) is 19.6 Å². The number of nitrogens with zero attached hydrogens (tertiary/aromatic N) is 5. The summed E-state index contributed by atoms with van der Waals surface area (Å²) in [4.78, 5) is 11.9. The number of hydrogen-bond acceptors (Lipinski definition) is 5. The first-order chi connectivity index (χ1) is 12.3. The van der Waals surface area contributed by atoms with Crippen molar-refractivity contribution in [3.05, 3.63) is 41.8 Å². The van der Waals surface area contributed by atoms with Gasteiger partial charge in [0.25, 0.3) is 0 Å². The number of fused-ring (bicyclic) bond motifs is 1. The summed E-state index contributed by atoms with van der Waals surface area (Å²) in [5.41, 5.74) is 2.29. The number of imidazole rings is 1. The molecule has 25 heavy (non-hydrogen) atoms. The minimum Gasteiger partial charge on any atom is -0.339 e. The Kier molecular flexibility index (Phi) is 3.59. The molecule has 1 aliphatic carbocycles. The minimum atomic E-state index is 0.389. The zero-order valence-electron chi connectivity index (χ0n) is 14.6. The molecule has 2 fully saturated rings. The van der Waals surface area contributed by atoms with E-state index in [1.54, 1.807) is 0 Å². The Morgan fingerprint density at radius 2 is 2.00 bits per heavy atom. The van der Waals surface area contributed by atoms with E-state index in [-0.39, 0.29) is 0 Å². The van der Waals surface area contributed by atoms with Crippen molar-refractivity contribution in [2.45, 2.75) is 37.5 Å². The molecule has 6 heteroatoms. The summed E-state index contributed by atoms with van der Waals surface area (Å²) >= 11 is 0. The van der Waals surface area contributed by atoms with E-state index in [0.29, 0.717) is 11.8 Å². The monoisotopic (exact) mass is 337 g/mol. The summed E-state index contributed by atoms with van der Waals surface area (Å²) in [6.07, 6.45) is 4.51. The molecule has 5 rings (SSSR count). The second-order valence-corrected chi connectivity index (χ2v) is 7.38. The Bertz CT molecular complexity index is 894. The van der Waals surface area contributed by atoms with Gasteiger partial charge in [0.2, 0.25) is 5.89 Å². The van der Waals surface area contributed by atoms with E-state index in [2.05, 4.69) is 44.9 Å². The first kappa shape index (κ1) is 15.1. The lowest BCUT2D eigenvalue weighted by Crippen LogP contribution is -2.24. The highest BCUT2D eigenvalue weighted by atomic mass is 16.5. The van der Waals surface area contributed by atoms with Crippen LogP contribution in [-0.4, -0.2) is 44.2 Å². The fourth-order valence-corrected chi connectivity index (χ4v) is 3.83. The van der Waals surface area contributed by atoms with Gasteiger partial charge in [-0.25, -0.2) is 4.98 Å². The molecule has 1 aromatic carbocycles. The normalized spacial score (nSPS) is 21.4. The smallest absolute Gasteiger partial charge is 0.231 e. The number of likely N-dealkylation sites (tertiary alicyclic amines) is 1. The molecule has 0 unspecified atom stereocenters. The zero-order chi connectivity index (χ0) is 16.8. The maximum atomic E-state index is 5.52. The predicted molar refractivity (Wildman–Crippen MR) is 94.5 cm³/mol. The second kappa shape index (κ2) is 5.95. The fraction of sp³-hybridized carbons (Fsp3) is 0.526. The van der Waals surface area contributed by atoms with E-state index in [4.69, 9.17) is 9.51 Å². The molecule has 0 spiro atoms. The lowest BCUT2D eigenvalue weighted by molar-refractivity contribution is 0.314. The summed E-state index contributed by atoms with van der Waals surface area (Å²) < 4.78 is 7.73. The van der Waals surface area contributed by atoms with Gasteiger partial charge in [0.05, 0.1) is 17.0 Å². The SMILES string of the molecule is Cn1c(CCN2CC[C@H](c3nc(C4CC4)no3)C2)nc2ccccc21. The molecule has 1 saturated carbocycles. The third-order valence-corrected chi connectivity index (χ3v) is 5.55. The molecule has 1 saturated heterocycles. The van der Waals surface area contributed by atoms with Gasteiger partial charge >= 0.3 is 0 Å². The van der Waals surface area contributed by atoms with Gasteiger partial charge in [-0.15, -0.1) is 0 Å². The number of aromatic nitrogens is 4. The van der Waals surface area contributed by atoms with E-state index < -0.39 is 0 Å². The molecule has 6 nitrogen and oxygen atoms in total. The highest BCUT2D eigenvalue weighted by Crippen LogP contribution is 2.39. The average Bonchev–Trinajstić information content (AvgIpc) is 3.07. The van der Waals surface area contributed by atoms with Crippen LogP contribution in [0.25, 0.3) is 11.0 Å². The van der Waals surface area contributed by atoms with Gasteiger partial charge < -0.3 is 14.0 Å². The molecule has 0 bridgehead atoms. The van der Waals surface area contributed by atoms with Gasteiger partial charge in [0.1, 0.15) is 5.82 Å². The summed E-state index contributed by atoms with van der Waals surface area (Å²) in [5.74, 6) is 3.87. The quantitative estimate of drug-likeness (QED) is 0.716. The third-order valence-electron chi connectivity index (χ3n) is 5.55. The Labute approximate surface area is 146 Å². The van der Waals surface area contributed by atoms with Gasteiger partial charge in [-0.1, -0.05) is 17.3 Å². The van der Waals surface area contributed by atoms with Crippen LogP contribution in [0, 0.1) is 0 Å². The van der Waals surface area contributed by atoms with Crippen molar-refractivity contribution >= 4 is 11.0 Å². The molecule has 130 valence electrons. The Morgan fingerprint density at radius 3 is 2.84 bits per heavy atom. The molecule has 0 radical (unpaired) electrons. The van der Waals surface area contributed by atoms with E-state index in [0.717, 1.165) is 55.5 Å². The fourth-order valence-electron chi connectivity index (χ4n) is 3.83. The van der Waals surface area contributed by atoms with Gasteiger partial charge in [-0.2, -0.15) is 4.98 Å². The van der Waals surface area contributed by atoms with Crippen LogP contribution in [0.1, 0.15) is 48.6 Å². The van der Waals surface area contributed by atoms with E-state index in [1.807, 2.05) is 6.07 Å². The third kappa shape index (κ3) is 2.84. The maximum absolute atomic E-state index is 5.52. The van der Waals surface area contributed by atoms with Gasteiger partial charge in [0, 0.05) is 32.5 Å². The maximum Gasteiger partial charge on any atom is 0.231 e. The lowest BCUT2D eigenvalue weighted by atomic mass is 10.1. The topological polar surface area (TPSA) is 60.0 Å². The van der Waals surface area contributed by atoms with Crippen molar-refractivity contribution in [1.82, 2.24) is 24.6 Å². The van der Waals surface area contributed by atoms with Crippen LogP contribution in [-0.2, 0) is 13.5 Å². The van der Waals surface area contributed by atoms with Crippen LogP contribution in [0.4, 0.5) is 0 Å². The van der Waals surface area contributed by atoms with Gasteiger partial charge in [-0.05, 0) is 37.9 Å². The Balaban J connectivity index is 1.22. The average molecular weight is 337 g/mol. The van der Waals surface area contributed by atoms with E-state index in [9.17, 15) is 0 Å². The van der Waals surface area contributed by atoms with Crippen molar-refractivity contribution in [3.63, 3.8) is 0 Å². The largest absolute Gasteiger partial charge is 0.339 e. The molecule has 1 aliphatic heterocycles. The number of para-hydroxylation sites is 2. The van der Waals surface area contributed by atoms with E-state index in [1.165, 1.54) is 18.4 Å². The van der Waals surface area contributed by atoms with Crippen molar-refractivity contribution in [3.8, 4) is 0 Å². The molecule has 2 aliphatic rings. The van der Waals surface area contributed by atoms with Crippen LogP contribution in [0.2, 0.25) is 0 Å². The number of aryl methyl sites for hydroxylation is 1. The van der Waals surface area contributed by atoms with Gasteiger partial charge in [-0.3, -0.25) is 0 Å². The van der Waals surface area contributed by atoms with Crippen LogP contribution < -0.4 is 0 Å². The first-order valence-electron chi connectivity index (χ1n) is 9.24. The van der Waals surface area contributed by atoms with Gasteiger partial charge in [0.15, 0.2) is 5.82 Å². The van der Waals surface area contributed by atoms with Crippen LogP contribution >= 0.6 is 0 Å². The summed E-state index contributed by atoms with van der Waals surface area (Å²) in [5, 5.41) is 4.16. The summed E-state index contributed by atoms with van der Waals surface area (Å²) in [6.45, 7) is 3.13. The summed E-state index contributed by atoms with van der Waals surface area (Å²) in [6, 6.07) is 8.33. The van der Waals surface area contributed by atoms with Crippen molar-refractivity contribution in [1.29, 1.82) is 0 Å². The molecular weight excluding hydrogens is 314 g/mol. The molecular formula is C19H23N5O. The van der Waals surface area contributed by atoms with Crippen molar-refractivity contribution in [2.24, 2.45) is 7.05 Å². The molecule has 0 N–H and O–H groups in total. The van der Waals surface area contributed by atoms with Crippen LogP contribution in [0.3, 0.4) is 0 Å². The zero-order valence-corrected chi connectivity index (χ0v) is 14.6. The first-order valence-corrected chi connectivity index (χ1v) is 9.24. The number of benzene rings is 1. The standard InChI is InChI=1S/C19H23N5O/c1-23-16-5-3-2-4-15(16)20-17(23)9-11-24-10-8-14(12-24)19-21-18(22-25-19)13-6-7-13/h2-5,13-14H,6-12H2,1H3/t14-/m0/s1.